The Hall–Kier alpha value is -2.77. The van der Waals surface area contributed by atoms with Crippen LogP contribution < -0.4 is 5.32 Å². The van der Waals surface area contributed by atoms with Crippen LogP contribution in [0.5, 0.6) is 0 Å². The van der Waals surface area contributed by atoms with E-state index in [0.717, 1.165) is 24.6 Å². The zero-order valence-electron chi connectivity index (χ0n) is 12.0. The van der Waals surface area contributed by atoms with Crippen molar-refractivity contribution in [3.63, 3.8) is 0 Å². The molecule has 1 aliphatic heterocycles. The number of rotatable bonds is 3. The topological polar surface area (TPSA) is 98.7 Å². The minimum absolute atomic E-state index is 0.205. The molecule has 3 aromatic heterocycles. The van der Waals surface area contributed by atoms with Gasteiger partial charge < -0.3 is 14.4 Å². The smallest absolute Gasteiger partial charge is 0.290 e. The second-order valence-electron chi connectivity index (χ2n) is 5.44. The van der Waals surface area contributed by atoms with Crippen LogP contribution in [0, 0.1) is 12.8 Å². The molecule has 0 radical (unpaired) electrons. The van der Waals surface area contributed by atoms with Gasteiger partial charge in [-0.1, -0.05) is 5.16 Å². The molecule has 8 heteroatoms. The summed E-state index contributed by atoms with van der Waals surface area (Å²) in [4.78, 5) is 16.3. The SMILES string of the molecule is Cc1nnc2n1CC(CNC(=O)c1onc3ncccc13)C2. The third-order valence-corrected chi connectivity index (χ3v) is 3.94. The molecule has 0 saturated heterocycles. The molecule has 112 valence electrons. The molecule has 0 spiro atoms. The Morgan fingerprint density at radius 3 is 3.27 bits per heavy atom. The van der Waals surface area contributed by atoms with E-state index < -0.39 is 0 Å². The normalized spacial score (nSPS) is 16.9. The van der Waals surface area contributed by atoms with Crippen molar-refractivity contribution in [1.29, 1.82) is 0 Å². The van der Waals surface area contributed by atoms with E-state index in [0.29, 0.717) is 23.5 Å². The first-order chi connectivity index (χ1) is 10.7. The van der Waals surface area contributed by atoms with Crippen molar-refractivity contribution < 1.29 is 9.32 Å². The number of nitrogens with zero attached hydrogens (tertiary/aromatic N) is 5. The van der Waals surface area contributed by atoms with Crippen LogP contribution in [0.4, 0.5) is 0 Å². The molecule has 4 rings (SSSR count). The summed E-state index contributed by atoms with van der Waals surface area (Å²) in [6.07, 6.45) is 2.43. The van der Waals surface area contributed by atoms with E-state index in [1.807, 2.05) is 6.92 Å². The van der Waals surface area contributed by atoms with Crippen LogP contribution in [-0.2, 0) is 13.0 Å². The molecule has 1 amide bonds. The van der Waals surface area contributed by atoms with Gasteiger partial charge in [0.1, 0.15) is 11.6 Å². The zero-order valence-corrected chi connectivity index (χ0v) is 12.0. The first-order valence-electron chi connectivity index (χ1n) is 7.09. The van der Waals surface area contributed by atoms with Crippen LogP contribution in [-0.4, -0.2) is 37.4 Å². The van der Waals surface area contributed by atoms with Crippen LogP contribution in [0.3, 0.4) is 0 Å². The molecular formula is C14H14N6O2. The molecule has 0 saturated carbocycles. The van der Waals surface area contributed by atoms with E-state index in [-0.39, 0.29) is 11.7 Å². The number of amides is 1. The average Bonchev–Trinajstić information content (AvgIpc) is 3.21. The van der Waals surface area contributed by atoms with Crippen LogP contribution in [0.2, 0.25) is 0 Å². The Labute approximate surface area is 125 Å². The molecule has 1 unspecified atom stereocenters. The molecule has 4 heterocycles. The van der Waals surface area contributed by atoms with E-state index >= 15 is 0 Å². The monoisotopic (exact) mass is 298 g/mol. The molecule has 1 aliphatic rings. The summed E-state index contributed by atoms with van der Waals surface area (Å²) < 4.78 is 7.19. The lowest BCUT2D eigenvalue weighted by atomic mass is 10.1. The number of fused-ring (bicyclic) bond motifs is 2. The van der Waals surface area contributed by atoms with Gasteiger partial charge in [0.15, 0.2) is 0 Å². The summed E-state index contributed by atoms with van der Waals surface area (Å²) in [5.74, 6) is 2.15. The van der Waals surface area contributed by atoms with Crippen LogP contribution >= 0.6 is 0 Å². The molecule has 1 atom stereocenters. The summed E-state index contributed by atoms with van der Waals surface area (Å²) in [6.45, 7) is 3.32. The molecule has 22 heavy (non-hydrogen) atoms. The van der Waals surface area contributed by atoms with Crippen molar-refractivity contribution in [1.82, 2.24) is 30.2 Å². The largest absolute Gasteiger partial charge is 0.349 e. The maximum atomic E-state index is 12.2. The van der Waals surface area contributed by atoms with Gasteiger partial charge in [0, 0.05) is 31.6 Å². The number of hydrogen-bond acceptors (Lipinski definition) is 6. The highest BCUT2D eigenvalue weighted by Crippen LogP contribution is 2.20. The number of carbonyl (C=O) groups excluding carboxylic acids is 1. The minimum atomic E-state index is -0.269. The molecule has 3 aromatic rings. The van der Waals surface area contributed by atoms with Gasteiger partial charge in [-0.3, -0.25) is 4.79 Å². The second-order valence-corrected chi connectivity index (χ2v) is 5.44. The molecule has 0 fully saturated rings. The van der Waals surface area contributed by atoms with Crippen LogP contribution in [0.15, 0.2) is 22.9 Å². The van der Waals surface area contributed by atoms with Gasteiger partial charge >= 0.3 is 0 Å². The lowest BCUT2D eigenvalue weighted by Crippen LogP contribution is -2.30. The van der Waals surface area contributed by atoms with Gasteiger partial charge in [0.25, 0.3) is 5.91 Å². The number of aryl methyl sites for hydroxylation is 1. The average molecular weight is 298 g/mol. The number of carbonyl (C=O) groups is 1. The number of nitrogens with one attached hydrogen (secondary N) is 1. The number of pyridine rings is 1. The fraction of sp³-hybridized carbons (Fsp3) is 0.357. The van der Waals surface area contributed by atoms with E-state index in [4.69, 9.17) is 4.52 Å². The maximum Gasteiger partial charge on any atom is 0.290 e. The summed E-state index contributed by atoms with van der Waals surface area (Å²) in [5.41, 5.74) is 0.440. The van der Waals surface area contributed by atoms with Crippen LogP contribution in [0.1, 0.15) is 22.2 Å². The van der Waals surface area contributed by atoms with E-state index in [1.54, 1.807) is 18.3 Å². The summed E-state index contributed by atoms with van der Waals surface area (Å²) in [5, 5.41) is 15.5. The highest BCUT2D eigenvalue weighted by Gasteiger charge is 2.26. The third kappa shape index (κ3) is 2.03. The van der Waals surface area contributed by atoms with Gasteiger partial charge in [-0.05, 0) is 19.1 Å². The lowest BCUT2D eigenvalue weighted by Gasteiger charge is -2.09. The van der Waals surface area contributed by atoms with E-state index in [2.05, 4.69) is 30.2 Å². The molecule has 0 aliphatic carbocycles. The van der Waals surface area contributed by atoms with Gasteiger partial charge in [0.2, 0.25) is 11.4 Å². The molecule has 0 bridgehead atoms. The lowest BCUT2D eigenvalue weighted by molar-refractivity contribution is 0.0912. The molecule has 1 N–H and O–H groups in total. The van der Waals surface area contributed by atoms with Crippen molar-refractivity contribution in [3.8, 4) is 0 Å². The number of hydrogen-bond donors (Lipinski definition) is 1. The fourth-order valence-electron chi connectivity index (χ4n) is 2.80. The minimum Gasteiger partial charge on any atom is -0.349 e. The number of aromatic nitrogens is 5. The van der Waals surface area contributed by atoms with Crippen molar-refractivity contribution in [3.05, 3.63) is 35.7 Å². The second kappa shape index (κ2) is 4.90. The molecular weight excluding hydrogens is 284 g/mol. The van der Waals surface area contributed by atoms with Crippen molar-refractivity contribution >= 4 is 16.9 Å². The Kier molecular flexibility index (Phi) is 2.88. The van der Waals surface area contributed by atoms with Gasteiger partial charge in [-0.2, -0.15) is 0 Å². The molecule has 8 nitrogen and oxygen atoms in total. The predicted octanol–water partition coefficient (Wildman–Crippen LogP) is 0.725. The first-order valence-corrected chi connectivity index (χ1v) is 7.09. The van der Waals surface area contributed by atoms with Crippen molar-refractivity contribution in [2.75, 3.05) is 6.54 Å². The quantitative estimate of drug-likeness (QED) is 0.765. The van der Waals surface area contributed by atoms with Gasteiger partial charge in [-0.15, -0.1) is 10.2 Å². The predicted molar refractivity (Wildman–Crippen MR) is 76.1 cm³/mol. The summed E-state index contributed by atoms with van der Waals surface area (Å²) in [6, 6.07) is 3.52. The van der Waals surface area contributed by atoms with Gasteiger partial charge in [0.05, 0.1) is 5.39 Å². The fourth-order valence-corrected chi connectivity index (χ4v) is 2.80. The molecule has 0 aromatic carbocycles. The Balaban J connectivity index is 1.43. The van der Waals surface area contributed by atoms with E-state index in [1.165, 1.54) is 0 Å². The highest BCUT2D eigenvalue weighted by atomic mass is 16.5. The van der Waals surface area contributed by atoms with Crippen LogP contribution in [0.25, 0.3) is 11.0 Å². The summed E-state index contributed by atoms with van der Waals surface area (Å²) >= 11 is 0. The van der Waals surface area contributed by atoms with Gasteiger partial charge in [-0.25, -0.2) is 4.98 Å². The first kappa shape index (κ1) is 12.9. The Morgan fingerprint density at radius 1 is 1.50 bits per heavy atom. The van der Waals surface area contributed by atoms with Crippen molar-refractivity contribution in [2.24, 2.45) is 5.92 Å². The zero-order chi connectivity index (χ0) is 15.1. The Morgan fingerprint density at radius 2 is 2.41 bits per heavy atom. The third-order valence-electron chi connectivity index (χ3n) is 3.94. The van der Waals surface area contributed by atoms with E-state index in [9.17, 15) is 4.79 Å². The highest BCUT2D eigenvalue weighted by molar-refractivity contribution is 6.02. The van der Waals surface area contributed by atoms with Crippen molar-refractivity contribution in [2.45, 2.75) is 19.9 Å². The Bertz CT molecular complexity index is 852. The maximum absolute atomic E-state index is 12.2. The standard InChI is InChI=1S/C14H14N6O2/c1-8-17-18-11-5-9(7-20(8)11)6-16-14(21)12-10-3-2-4-15-13(10)19-22-12/h2-4,9H,5-7H2,1H3,(H,16,21). The summed E-state index contributed by atoms with van der Waals surface area (Å²) in [7, 11) is 0.